The summed E-state index contributed by atoms with van der Waals surface area (Å²) in [5, 5.41) is 9.80. The molecule has 6 nitrogen and oxygen atoms in total. The highest BCUT2D eigenvalue weighted by Gasteiger charge is 2.49. The fourth-order valence-electron chi connectivity index (χ4n) is 3.47. The van der Waals surface area contributed by atoms with Crippen LogP contribution in [-0.4, -0.2) is 64.8 Å². The van der Waals surface area contributed by atoms with Crippen molar-refractivity contribution < 1.29 is 19.4 Å². The van der Waals surface area contributed by atoms with Crippen LogP contribution in [0.25, 0.3) is 0 Å². The van der Waals surface area contributed by atoms with E-state index in [0.717, 1.165) is 12.0 Å². The lowest BCUT2D eigenvalue weighted by molar-refractivity contribution is 0.0553. The molecule has 2 aliphatic heterocycles. The smallest absolute Gasteiger partial charge is 0.410 e. The first-order valence-corrected chi connectivity index (χ1v) is 8.72. The predicted octanol–water partition coefficient (Wildman–Crippen LogP) is 2.06. The first kappa shape index (κ1) is 17.7. The summed E-state index contributed by atoms with van der Waals surface area (Å²) in [4.78, 5) is 27.7. The average molecular weight is 346 g/mol. The van der Waals surface area contributed by atoms with E-state index in [9.17, 15) is 14.7 Å². The number of aryl methyl sites for hydroxylation is 1. The molecule has 3 rings (SSSR count). The van der Waals surface area contributed by atoms with E-state index in [2.05, 4.69) is 0 Å². The van der Waals surface area contributed by atoms with Gasteiger partial charge in [0, 0.05) is 25.6 Å². The second kappa shape index (κ2) is 6.33. The number of hydrogen-bond donors (Lipinski definition) is 1. The molecule has 2 heterocycles. The summed E-state index contributed by atoms with van der Waals surface area (Å²) in [6, 6.07) is 7.54. The Kier molecular flexibility index (Phi) is 4.49. The van der Waals surface area contributed by atoms with Crippen molar-refractivity contribution in [3.63, 3.8) is 0 Å². The number of rotatable bonds is 4. The maximum absolute atomic E-state index is 12.7. The van der Waals surface area contributed by atoms with Gasteiger partial charge in [0.05, 0.1) is 18.7 Å². The van der Waals surface area contributed by atoms with Gasteiger partial charge in [-0.3, -0.25) is 4.79 Å². The van der Waals surface area contributed by atoms with Crippen LogP contribution in [0.4, 0.5) is 4.79 Å². The van der Waals surface area contributed by atoms with Gasteiger partial charge in [0.2, 0.25) is 0 Å². The molecule has 2 amide bonds. The van der Waals surface area contributed by atoms with Crippen LogP contribution in [0.3, 0.4) is 0 Å². The van der Waals surface area contributed by atoms with E-state index in [0.29, 0.717) is 38.0 Å². The predicted molar refractivity (Wildman–Crippen MR) is 93.4 cm³/mol. The number of aliphatic hydroxyl groups is 1. The molecule has 0 radical (unpaired) electrons. The van der Waals surface area contributed by atoms with Gasteiger partial charge in [0.15, 0.2) is 5.60 Å². The number of likely N-dealkylation sites (tertiary alicyclic amines) is 1. The zero-order chi connectivity index (χ0) is 18.2. The van der Waals surface area contributed by atoms with E-state index in [1.165, 1.54) is 0 Å². The highest BCUT2D eigenvalue weighted by Crippen LogP contribution is 2.32. The third kappa shape index (κ3) is 3.95. The third-order valence-electron chi connectivity index (χ3n) is 4.97. The first-order valence-electron chi connectivity index (χ1n) is 8.72. The number of amides is 2. The average Bonchev–Trinajstić information content (AvgIpc) is 3.07. The van der Waals surface area contributed by atoms with Crippen LogP contribution in [0.15, 0.2) is 24.3 Å². The first-order chi connectivity index (χ1) is 11.7. The summed E-state index contributed by atoms with van der Waals surface area (Å²) in [7, 11) is 1.72. The fourth-order valence-corrected chi connectivity index (χ4v) is 3.47. The number of benzene rings is 1. The summed E-state index contributed by atoms with van der Waals surface area (Å²) in [6.07, 6.45) is 1.81. The SMILES string of the molecule is CN1CC2(CCN(C(=O)c3ccc(CCC(C)(C)O)cc3)C2)OC1=O. The molecule has 25 heavy (non-hydrogen) atoms. The maximum atomic E-state index is 12.7. The Morgan fingerprint density at radius 1 is 1.28 bits per heavy atom. The number of hydrogen-bond acceptors (Lipinski definition) is 4. The van der Waals surface area contributed by atoms with Gasteiger partial charge in [-0.15, -0.1) is 0 Å². The molecular weight excluding hydrogens is 320 g/mol. The summed E-state index contributed by atoms with van der Waals surface area (Å²) in [5.41, 5.74) is 0.503. The summed E-state index contributed by atoms with van der Waals surface area (Å²) >= 11 is 0. The van der Waals surface area contributed by atoms with Crippen molar-refractivity contribution in [1.82, 2.24) is 9.80 Å². The minimum atomic E-state index is -0.690. The van der Waals surface area contributed by atoms with Crippen molar-refractivity contribution >= 4 is 12.0 Å². The Labute approximate surface area is 148 Å². The molecule has 0 saturated carbocycles. The summed E-state index contributed by atoms with van der Waals surface area (Å²) in [6.45, 7) is 5.16. The highest BCUT2D eigenvalue weighted by atomic mass is 16.6. The van der Waals surface area contributed by atoms with Gasteiger partial charge in [-0.25, -0.2) is 4.79 Å². The van der Waals surface area contributed by atoms with Crippen LogP contribution in [0.2, 0.25) is 0 Å². The monoisotopic (exact) mass is 346 g/mol. The molecule has 1 aromatic rings. The van der Waals surface area contributed by atoms with Crippen LogP contribution in [-0.2, 0) is 11.2 Å². The van der Waals surface area contributed by atoms with Gasteiger partial charge in [-0.2, -0.15) is 0 Å². The number of carbonyl (C=O) groups is 2. The molecular formula is C19H26N2O4. The maximum Gasteiger partial charge on any atom is 0.410 e. The van der Waals surface area contributed by atoms with E-state index in [1.54, 1.807) is 30.7 Å². The lowest BCUT2D eigenvalue weighted by Gasteiger charge is -2.22. The van der Waals surface area contributed by atoms with Gasteiger partial charge in [-0.1, -0.05) is 12.1 Å². The van der Waals surface area contributed by atoms with Gasteiger partial charge in [0.25, 0.3) is 5.91 Å². The summed E-state index contributed by atoms with van der Waals surface area (Å²) < 4.78 is 5.49. The largest absolute Gasteiger partial charge is 0.439 e. The number of likely N-dealkylation sites (N-methyl/N-ethyl adjacent to an activating group) is 1. The fraction of sp³-hybridized carbons (Fsp3) is 0.579. The van der Waals surface area contributed by atoms with Crippen LogP contribution in [0, 0.1) is 0 Å². The minimum absolute atomic E-state index is 0.0310. The zero-order valence-corrected chi connectivity index (χ0v) is 15.1. The van der Waals surface area contributed by atoms with Gasteiger partial charge in [0.1, 0.15) is 0 Å². The Hall–Kier alpha value is -2.08. The van der Waals surface area contributed by atoms with E-state index in [-0.39, 0.29) is 12.0 Å². The van der Waals surface area contributed by atoms with Crippen LogP contribution in [0.5, 0.6) is 0 Å². The zero-order valence-electron chi connectivity index (χ0n) is 15.1. The highest BCUT2D eigenvalue weighted by molar-refractivity contribution is 5.94. The number of carbonyl (C=O) groups excluding carboxylic acids is 2. The molecule has 0 aromatic heterocycles. The standard InChI is InChI=1S/C19H26N2O4/c1-18(2,24)9-8-14-4-6-15(7-5-14)16(22)21-11-10-19(13-21)12-20(3)17(23)25-19/h4-7,24H,8-13H2,1-3H3. The van der Waals surface area contributed by atoms with Crippen LogP contribution >= 0.6 is 0 Å². The van der Waals surface area contributed by atoms with Crippen molar-refractivity contribution in [3.05, 3.63) is 35.4 Å². The van der Waals surface area contributed by atoms with E-state index in [1.807, 2.05) is 24.3 Å². The van der Waals surface area contributed by atoms with Crippen molar-refractivity contribution in [1.29, 1.82) is 0 Å². The van der Waals surface area contributed by atoms with Gasteiger partial charge >= 0.3 is 6.09 Å². The molecule has 1 aromatic carbocycles. The van der Waals surface area contributed by atoms with Crippen molar-refractivity contribution in [3.8, 4) is 0 Å². The molecule has 1 N–H and O–H groups in total. The molecule has 1 atom stereocenters. The Bertz CT molecular complexity index is 665. The Morgan fingerprint density at radius 2 is 1.96 bits per heavy atom. The van der Waals surface area contributed by atoms with E-state index >= 15 is 0 Å². The Balaban J connectivity index is 1.61. The van der Waals surface area contributed by atoms with Crippen molar-refractivity contribution in [2.45, 2.75) is 44.3 Å². The quantitative estimate of drug-likeness (QED) is 0.906. The molecule has 2 fully saturated rings. The molecule has 2 aliphatic rings. The van der Waals surface area contributed by atoms with Crippen molar-refractivity contribution in [2.24, 2.45) is 0 Å². The molecule has 0 aliphatic carbocycles. The van der Waals surface area contributed by atoms with Crippen LogP contribution in [0.1, 0.15) is 42.6 Å². The third-order valence-corrected chi connectivity index (χ3v) is 4.97. The minimum Gasteiger partial charge on any atom is -0.439 e. The molecule has 0 bridgehead atoms. The van der Waals surface area contributed by atoms with Crippen LogP contribution < -0.4 is 0 Å². The normalized spacial score (nSPS) is 23.4. The number of ether oxygens (including phenoxy) is 1. The van der Waals surface area contributed by atoms with Crippen molar-refractivity contribution in [2.75, 3.05) is 26.7 Å². The molecule has 136 valence electrons. The molecule has 1 spiro atoms. The second-order valence-corrected chi connectivity index (χ2v) is 7.89. The van der Waals surface area contributed by atoms with Gasteiger partial charge in [-0.05, 0) is 44.4 Å². The molecule has 2 saturated heterocycles. The number of nitrogens with zero attached hydrogens (tertiary/aromatic N) is 2. The van der Waals surface area contributed by atoms with E-state index < -0.39 is 11.2 Å². The van der Waals surface area contributed by atoms with Gasteiger partial charge < -0.3 is 19.6 Å². The molecule has 1 unspecified atom stereocenters. The molecule has 6 heteroatoms. The topological polar surface area (TPSA) is 70.1 Å². The summed E-state index contributed by atoms with van der Waals surface area (Å²) in [5.74, 6) is -0.0310. The lowest BCUT2D eigenvalue weighted by atomic mass is 9.98. The van der Waals surface area contributed by atoms with E-state index in [4.69, 9.17) is 4.74 Å². The Morgan fingerprint density at radius 3 is 2.52 bits per heavy atom. The lowest BCUT2D eigenvalue weighted by Crippen LogP contribution is -2.39. The second-order valence-electron chi connectivity index (χ2n) is 7.89.